The van der Waals surface area contributed by atoms with Crippen LogP contribution in [-0.2, 0) is 26.0 Å². The number of furan rings is 1. The summed E-state index contributed by atoms with van der Waals surface area (Å²) >= 11 is 0. The van der Waals surface area contributed by atoms with E-state index >= 15 is 0 Å². The highest BCUT2D eigenvalue weighted by atomic mass is 32.2. The number of carboxylic acids is 1. The maximum absolute atomic E-state index is 14.8. The summed E-state index contributed by atoms with van der Waals surface area (Å²) in [5.41, 5.74) is -1.03. The van der Waals surface area contributed by atoms with Crippen LogP contribution >= 0.6 is 0 Å². The van der Waals surface area contributed by atoms with Crippen molar-refractivity contribution in [1.29, 1.82) is 0 Å². The molecule has 44 heavy (non-hydrogen) atoms. The van der Waals surface area contributed by atoms with E-state index in [1.807, 2.05) is 4.72 Å². The van der Waals surface area contributed by atoms with Crippen molar-refractivity contribution < 1.29 is 50.5 Å². The summed E-state index contributed by atoms with van der Waals surface area (Å²) in [5, 5.41) is 11.2. The van der Waals surface area contributed by atoms with Gasteiger partial charge < -0.3 is 14.8 Å². The van der Waals surface area contributed by atoms with Crippen LogP contribution in [0.1, 0.15) is 15.9 Å². The molecule has 0 radical (unpaired) electrons. The lowest BCUT2D eigenvalue weighted by Crippen LogP contribution is -2.54. The lowest BCUT2D eigenvalue weighted by molar-refractivity contribution is -0.392. The highest BCUT2D eigenvalue weighted by Gasteiger charge is 2.47. The molecule has 1 aromatic carbocycles. The second-order valence-electron chi connectivity index (χ2n) is 9.48. The van der Waals surface area contributed by atoms with Gasteiger partial charge >= 0.3 is 17.9 Å². The van der Waals surface area contributed by atoms with Crippen LogP contribution in [0.5, 0.6) is 0 Å². The quantitative estimate of drug-likeness (QED) is 0.298. The highest BCUT2D eigenvalue weighted by molar-refractivity contribution is 7.92. The first-order chi connectivity index (χ1) is 20.9. The summed E-state index contributed by atoms with van der Waals surface area (Å²) in [7, 11) is -2.91. The number of fused-ring (bicyclic) bond motifs is 1. The van der Waals surface area contributed by atoms with Gasteiger partial charge in [-0.15, -0.1) is 4.90 Å². The number of nitrogens with zero attached hydrogens (tertiary/aromatic N) is 4. The van der Waals surface area contributed by atoms with E-state index in [0.717, 1.165) is 17.2 Å². The molecule has 5 rings (SSSR count). The van der Waals surface area contributed by atoms with Gasteiger partial charge in [-0.1, -0.05) is 6.07 Å². The van der Waals surface area contributed by atoms with Crippen molar-refractivity contribution in [3.05, 3.63) is 83.9 Å². The Bertz CT molecular complexity index is 1890. The third-order valence-electron chi connectivity index (χ3n) is 6.63. The smallest absolute Gasteiger partial charge is 0.480 e. The zero-order valence-electron chi connectivity index (χ0n) is 22.5. The van der Waals surface area contributed by atoms with E-state index in [2.05, 4.69) is 15.3 Å². The SMILES string of the molecule is C[N+]1=C2C=NC=CC2C(=O)N(c2ccc(C[C@H](NC(=O)c3cc(F)c(NS(=O)(=O)c4ccco4)cc3F)C(=O)O)cn2)C1=O. The van der Waals surface area contributed by atoms with Crippen LogP contribution in [-0.4, -0.2) is 71.9 Å². The second kappa shape index (κ2) is 11.6. The number of hydrogen-bond acceptors (Lipinski definition) is 9. The van der Waals surface area contributed by atoms with Gasteiger partial charge in [0.2, 0.25) is 10.9 Å². The molecule has 2 aliphatic rings. The zero-order valence-corrected chi connectivity index (χ0v) is 23.3. The minimum atomic E-state index is -4.39. The Morgan fingerprint density at radius 1 is 1.18 bits per heavy atom. The van der Waals surface area contributed by atoms with Gasteiger partial charge in [-0.05, 0) is 29.8 Å². The van der Waals surface area contributed by atoms with E-state index < -0.39 is 73.8 Å². The average Bonchev–Trinajstić information content (AvgIpc) is 3.55. The Hall–Kier alpha value is -5.58. The summed E-state index contributed by atoms with van der Waals surface area (Å²) in [6.45, 7) is 0. The number of aliphatic imine (C=N–C) groups is 1. The van der Waals surface area contributed by atoms with E-state index in [1.54, 1.807) is 0 Å². The molecule has 14 nitrogen and oxygen atoms in total. The molecule has 0 saturated heterocycles. The third kappa shape index (κ3) is 5.71. The first kappa shape index (κ1) is 29.9. The summed E-state index contributed by atoms with van der Waals surface area (Å²) in [5.74, 6) is -6.79. The fraction of sp³-hybridized carbons (Fsp3) is 0.148. The molecule has 0 bridgehead atoms. The predicted octanol–water partition coefficient (Wildman–Crippen LogP) is 1.94. The van der Waals surface area contributed by atoms with Gasteiger partial charge in [-0.2, -0.15) is 17.8 Å². The molecule has 0 aliphatic carbocycles. The van der Waals surface area contributed by atoms with Gasteiger partial charge in [-0.3, -0.25) is 14.5 Å². The maximum atomic E-state index is 14.8. The van der Waals surface area contributed by atoms with E-state index in [-0.39, 0.29) is 17.8 Å². The molecule has 3 aromatic rings. The molecular weight excluding hydrogens is 606 g/mol. The monoisotopic (exact) mass is 627 g/mol. The Kier molecular flexibility index (Phi) is 7.88. The van der Waals surface area contributed by atoms with Crippen LogP contribution in [0.15, 0.2) is 75.6 Å². The highest BCUT2D eigenvalue weighted by Crippen LogP contribution is 2.25. The van der Waals surface area contributed by atoms with Gasteiger partial charge in [-0.25, -0.2) is 23.4 Å². The first-order valence-corrected chi connectivity index (χ1v) is 14.1. The standard InChI is InChI=1S/C27H20F2N6O8S/c1-34-21-13-30-7-6-15(21)25(37)35(27(34)40)22-5-4-14(12-31-22)9-20(26(38)39)32-24(36)16-10-18(29)19(11-17(16)28)33-44(41,42)23-3-2-8-43-23/h2-8,10-13,15,20H,9H2,1H3,(H2-,32,33,36,38,39)/p+1/t15?,20-/m0/s1. The molecule has 17 heteroatoms. The number of carbonyl (C=O) groups is 4. The Morgan fingerprint density at radius 2 is 1.95 bits per heavy atom. The lowest BCUT2D eigenvalue weighted by Gasteiger charge is -2.24. The summed E-state index contributed by atoms with van der Waals surface area (Å²) in [4.78, 5) is 59.4. The lowest BCUT2D eigenvalue weighted by atomic mass is 9.98. The van der Waals surface area contributed by atoms with E-state index in [1.165, 1.54) is 54.5 Å². The fourth-order valence-electron chi connectivity index (χ4n) is 4.39. The van der Waals surface area contributed by atoms with Crippen LogP contribution in [0, 0.1) is 17.6 Å². The van der Waals surface area contributed by atoms with E-state index in [9.17, 15) is 41.5 Å². The molecular formula is C27H21F2N6O8S+. The topological polar surface area (TPSA) is 191 Å². The molecule has 2 aromatic heterocycles. The maximum Gasteiger partial charge on any atom is 0.507 e. The Morgan fingerprint density at radius 3 is 2.61 bits per heavy atom. The number of benzene rings is 1. The van der Waals surface area contributed by atoms with Gasteiger partial charge in [0.1, 0.15) is 29.3 Å². The number of amides is 4. The number of urea groups is 1. The van der Waals surface area contributed by atoms with Crippen molar-refractivity contribution in [2.75, 3.05) is 16.7 Å². The first-order valence-electron chi connectivity index (χ1n) is 12.6. The van der Waals surface area contributed by atoms with Crippen LogP contribution in [0.2, 0.25) is 0 Å². The number of nitrogens with one attached hydrogen (secondary N) is 2. The fourth-order valence-corrected chi connectivity index (χ4v) is 5.38. The molecule has 2 aliphatic heterocycles. The number of sulfonamides is 1. The van der Waals surface area contributed by atoms with Crippen molar-refractivity contribution >= 4 is 57.3 Å². The Labute approximate surface area is 247 Å². The van der Waals surface area contributed by atoms with Crippen molar-refractivity contribution in [3.63, 3.8) is 0 Å². The van der Waals surface area contributed by atoms with E-state index in [4.69, 9.17) is 4.42 Å². The predicted molar refractivity (Wildman–Crippen MR) is 148 cm³/mol. The molecule has 1 unspecified atom stereocenters. The summed E-state index contributed by atoms with van der Waals surface area (Å²) in [6.07, 6.45) is 6.28. The minimum Gasteiger partial charge on any atom is -0.480 e. The number of imide groups is 1. The molecule has 4 heterocycles. The number of anilines is 2. The van der Waals surface area contributed by atoms with Crippen LogP contribution < -0.4 is 14.9 Å². The molecule has 4 amide bonds. The number of pyridine rings is 1. The molecule has 0 spiro atoms. The molecule has 3 N–H and O–H groups in total. The number of rotatable bonds is 9. The zero-order chi connectivity index (χ0) is 31.8. The van der Waals surface area contributed by atoms with E-state index in [0.29, 0.717) is 17.8 Å². The molecule has 0 fully saturated rings. The summed E-state index contributed by atoms with van der Waals surface area (Å²) < 4.78 is 61.8. The number of halogens is 2. The molecule has 2 atom stereocenters. The second-order valence-corrected chi connectivity index (χ2v) is 11.1. The molecule has 226 valence electrons. The van der Waals surface area contributed by atoms with Gasteiger partial charge in [0, 0.05) is 31.0 Å². The van der Waals surface area contributed by atoms with Crippen molar-refractivity contribution in [2.45, 2.75) is 17.6 Å². The van der Waals surface area contributed by atoms with Crippen LogP contribution in [0.25, 0.3) is 0 Å². The van der Waals surface area contributed by atoms with Crippen LogP contribution in [0.4, 0.5) is 25.1 Å². The normalized spacial score (nSPS) is 17.0. The number of carbonyl (C=O) groups excluding carboxylic acids is 3. The number of hydrogen-bond donors (Lipinski definition) is 3. The number of aromatic nitrogens is 1. The summed E-state index contributed by atoms with van der Waals surface area (Å²) in [6, 6.07) is 3.61. The van der Waals surface area contributed by atoms with Crippen molar-refractivity contribution in [1.82, 2.24) is 10.3 Å². The average molecular weight is 628 g/mol. The van der Waals surface area contributed by atoms with Crippen LogP contribution in [0.3, 0.4) is 0 Å². The minimum absolute atomic E-state index is 0.0261. The van der Waals surface area contributed by atoms with Gasteiger partial charge in [0.25, 0.3) is 15.9 Å². The largest absolute Gasteiger partial charge is 0.507 e. The van der Waals surface area contributed by atoms with Crippen molar-refractivity contribution in [3.8, 4) is 0 Å². The van der Waals surface area contributed by atoms with Gasteiger partial charge in [0.15, 0.2) is 0 Å². The molecule has 0 saturated carbocycles. The van der Waals surface area contributed by atoms with Crippen molar-refractivity contribution in [2.24, 2.45) is 10.9 Å². The number of carboxylic acid groups (broad SMARTS) is 1. The third-order valence-corrected chi connectivity index (χ3v) is 7.88. The number of aliphatic carboxylic acids is 1. The Balaban J connectivity index is 1.30. The van der Waals surface area contributed by atoms with Gasteiger partial charge in [0.05, 0.1) is 30.8 Å².